The number of aryl methyl sites for hydroxylation is 2. The Morgan fingerprint density at radius 3 is 2.67 bits per heavy atom. The van der Waals surface area contributed by atoms with Gasteiger partial charge < -0.3 is 14.8 Å². The van der Waals surface area contributed by atoms with Gasteiger partial charge in [0.25, 0.3) is 5.69 Å². The lowest BCUT2D eigenvalue weighted by atomic mass is 9.90. The third-order valence-electron chi connectivity index (χ3n) is 5.97. The van der Waals surface area contributed by atoms with Gasteiger partial charge in [-0.1, -0.05) is 0 Å². The van der Waals surface area contributed by atoms with Gasteiger partial charge in [0.1, 0.15) is 12.4 Å². The van der Waals surface area contributed by atoms with Gasteiger partial charge in [0.2, 0.25) is 5.95 Å². The number of hydrogen-bond acceptors (Lipinski definition) is 8. The van der Waals surface area contributed by atoms with Gasteiger partial charge >= 0.3 is 0 Å². The molecule has 0 radical (unpaired) electrons. The molecule has 33 heavy (non-hydrogen) atoms. The Balaban J connectivity index is 1.28. The highest BCUT2D eigenvalue weighted by Crippen LogP contribution is 2.34. The second kappa shape index (κ2) is 9.51. The van der Waals surface area contributed by atoms with E-state index in [1.807, 2.05) is 12.3 Å². The molecule has 2 heterocycles. The Kier molecular flexibility index (Phi) is 6.14. The number of morpholine rings is 1. The van der Waals surface area contributed by atoms with Crippen molar-refractivity contribution in [3.8, 4) is 17.0 Å². The van der Waals surface area contributed by atoms with E-state index in [0.29, 0.717) is 18.2 Å². The van der Waals surface area contributed by atoms with Crippen molar-refractivity contribution in [2.75, 3.05) is 44.8 Å². The van der Waals surface area contributed by atoms with Crippen LogP contribution in [0.4, 0.5) is 17.3 Å². The molecule has 2 aromatic carbocycles. The van der Waals surface area contributed by atoms with Crippen LogP contribution in [0.15, 0.2) is 48.7 Å². The first-order chi connectivity index (χ1) is 16.2. The minimum absolute atomic E-state index is 0.0452. The summed E-state index contributed by atoms with van der Waals surface area (Å²) < 4.78 is 11.4. The van der Waals surface area contributed by atoms with Crippen molar-refractivity contribution in [2.24, 2.45) is 0 Å². The van der Waals surface area contributed by atoms with E-state index in [9.17, 15) is 10.1 Å². The molecule has 0 atom stereocenters. The van der Waals surface area contributed by atoms with E-state index in [1.165, 1.54) is 17.7 Å². The van der Waals surface area contributed by atoms with Gasteiger partial charge in [-0.2, -0.15) is 0 Å². The Labute approximate surface area is 191 Å². The van der Waals surface area contributed by atoms with Crippen LogP contribution in [0, 0.1) is 10.1 Å². The highest BCUT2D eigenvalue weighted by Gasteiger charge is 2.20. The number of nitro benzene ring substituents is 1. The zero-order valence-corrected chi connectivity index (χ0v) is 18.2. The first-order valence-electron chi connectivity index (χ1n) is 11.1. The van der Waals surface area contributed by atoms with Crippen LogP contribution >= 0.6 is 0 Å². The molecule has 1 fully saturated rings. The summed E-state index contributed by atoms with van der Waals surface area (Å²) >= 11 is 0. The number of rotatable bonds is 7. The van der Waals surface area contributed by atoms with E-state index in [1.54, 1.807) is 12.1 Å². The Morgan fingerprint density at radius 2 is 1.88 bits per heavy atom. The summed E-state index contributed by atoms with van der Waals surface area (Å²) in [4.78, 5) is 22.0. The van der Waals surface area contributed by atoms with Crippen molar-refractivity contribution in [1.82, 2.24) is 14.9 Å². The van der Waals surface area contributed by atoms with Gasteiger partial charge in [0.05, 0.1) is 23.8 Å². The van der Waals surface area contributed by atoms with Crippen LogP contribution in [0.1, 0.15) is 11.1 Å². The van der Waals surface area contributed by atoms with E-state index in [-0.39, 0.29) is 5.69 Å². The topological polar surface area (TPSA) is 103 Å². The number of hydrogen-bond donors (Lipinski definition) is 1. The normalized spacial score (nSPS) is 15.4. The van der Waals surface area contributed by atoms with Crippen LogP contribution < -0.4 is 10.1 Å². The molecule has 3 aromatic rings. The maximum atomic E-state index is 10.8. The average molecular weight is 447 g/mol. The monoisotopic (exact) mass is 447 g/mol. The fraction of sp³-hybridized carbons (Fsp3) is 0.333. The third kappa shape index (κ3) is 4.94. The zero-order valence-electron chi connectivity index (χ0n) is 18.2. The molecule has 5 rings (SSSR count). The van der Waals surface area contributed by atoms with Crippen LogP contribution in [0.5, 0.6) is 5.75 Å². The largest absolute Gasteiger partial charge is 0.492 e. The minimum atomic E-state index is -0.420. The molecule has 0 unspecified atom stereocenters. The Morgan fingerprint density at radius 1 is 1.09 bits per heavy atom. The third-order valence-corrected chi connectivity index (χ3v) is 5.97. The van der Waals surface area contributed by atoms with Crippen LogP contribution in [-0.4, -0.2) is 59.2 Å². The molecular weight excluding hydrogens is 422 g/mol. The summed E-state index contributed by atoms with van der Waals surface area (Å²) in [6.45, 7) is 5.05. The Hall–Kier alpha value is -3.56. The summed E-state index contributed by atoms with van der Waals surface area (Å²) in [6, 6.07) is 12.4. The fourth-order valence-corrected chi connectivity index (χ4v) is 4.16. The van der Waals surface area contributed by atoms with E-state index in [0.717, 1.165) is 68.3 Å². The molecule has 1 saturated heterocycles. The van der Waals surface area contributed by atoms with E-state index >= 15 is 0 Å². The van der Waals surface area contributed by atoms with Crippen LogP contribution in [0.3, 0.4) is 0 Å². The SMILES string of the molecule is O=[N+]([O-])c1ccc(Nc2ncc3c(n2)-c2ccc(OCCN4CCOCC4)cc2CC3)cc1. The lowest BCUT2D eigenvalue weighted by molar-refractivity contribution is -0.384. The van der Waals surface area contributed by atoms with Gasteiger partial charge in [-0.05, 0) is 54.3 Å². The first kappa shape index (κ1) is 21.3. The molecule has 1 aliphatic carbocycles. The average Bonchev–Trinajstić information content (AvgIpc) is 2.85. The zero-order chi connectivity index (χ0) is 22.6. The maximum absolute atomic E-state index is 10.8. The summed E-state index contributed by atoms with van der Waals surface area (Å²) in [5.41, 5.74) is 5.06. The number of ether oxygens (including phenoxy) is 2. The van der Waals surface area contributed by atoms with Gasteiger partial charge in [-0.3, -0.25) is 15.0 Å². The molecule has 0 spiro atoms. The molecule has 1 aromatic heterocycles. The Bertz CT molecular complexity index is 1150. The van der Waals surface area contributed by atoms with E-state index in [4.69, 9.17) is 14.5 Å². The fourth-order valence-electron chi connectivity index (χ4n) is 4.16. The number of anilines is 2. The molecular formula is C24H25N5O4. The molecule has 0 amide bonds. The first-order valence-corrected chi connectivity index (χ1v) is 11.1. The number of non-ortho nitro benzene ring substituents is 1. The van der Waals surface area contributed by atoms with Crippen molar-refractivity contribution in [3.05, 3.63) is 69.9 Å². The molecule has 9 heteroatoms. The second-order valence-electron chi connectivity index (χ2n) is 8.12. The van der Waals surface area contributed by atoms with Gasteiger partial charge in [-0.25, -0.2) is 9.97 Å². The predicted octanol–water partition coefficient (Wildman–Crippen LogP) is 3.61. The number of aromatic nitrogens is 2. The molecule has 170 valence electrons. The van der Waals surface area contributed by atoms with Gasteiger partial charge in [0.15, 0.2) is 0 Å². The number of nitrogens with one attached hydrogen (secondary N) is 1. The number of fused-ring (bicyclic) bond motifs is 3. The lowest BCUT2D eigenvalue weighted by Crippen LogP contribution is -2.38. The van der Waals surface area contributed by atoms with E-state index < -0.39 is 4.92 Å². The van der Waals surface area contributed by atoms with Crippen LogP contribution in [-0.2, 0) is 17.6 Å². The molecule has 2 aliphatic rings. The maximum Gasteiger partial charge on any atom is 0.269 e. The second-order valence-corrected chi connectivity index (χ2v) is 8.12. The quantitative estimate of drug-likeness (QED) is 0.433. The van der Waals surface area contributed by atoms with Crippen LogP contribution in [0.25, 0.3) is 11.3 Å². The highest BCUT2D eigenvalue weighted by atomic mass is 16.6. The van der Waals surface area contributed by atoms with Crippen molar-refractivity contribution < 1.29 is 14.4 Å². The molecule has 0 bridgehead atoms. The summed E-state index contributed by atoms with van der Waals surface area (Å²) in [5, 5.41) is 14.0. The van der Waals surface area contributed by atoms with Gasteiger partial charge in [-0.15, -0.1) is 0 Å². The lowest BCUT2D eigenvalue weighted by Gasteiger charge is -2.26. The minimum Gasteiger partial charge on any atom is -0.492 e. The number of benzene rings is 2. The standard InChI is InChI=1S/C24H25N5O4/c30-29(31)20-5-3-19(4-6-20)26-24-25-16-18-2-1-17-15-21(7-8-22(17)23(18)27-24)33-14-11-28-9-12-32-13-10-28/h3-8,15-16H,1-2,9-14H2,(H,25,26,27). The summed E-state index contributed by atoms with van der Waals surface area (Å²) in [7, 11) is 0. The summed E-state index contributed by atoms with van der Waals surface area (Å²) in [6.07, 6.45) is 3.64. The number of nitro groups is 1. The van der Waals surface area contributed by atoms with Crippen LogP contribution in [0.2, 0.25) is 0 Å². The molecule has 1 aliphatic heterocycles. The van der Waals surface area contributed by atoms with Crippen molar-refractivity contribution in [2.45, 2.75) is 12.8 Å². The van der Waals surface area contributed by atoms with E-state index in [2.05, 4.69) is 27.3 Å². The van der Waals surface area contributed by atoms with Crippen molar-refractivity contribution >= 4 is 17.3 Å². The molecule has 0 saturated carbocycles. The van der Waals surface area contributed by atoms with Crippen molar-refractivity contribution in [3.63, 3.8) is 0 Å². The highest BCUT2D eigenvalue weighted by molar-refractivity contribution is 5.71. The smallest absolute Gasteiger partial charge is 0.269 e. The predicted molar refractivity (Wildman–Crippen MR) is 124 cm³/mol. The summed E-state index contributed by atoms with van der Waals surface area (Å²) in [5.74, 6) is 1.34. The van der Waals surface area contributed by atoms with Gasteiger partial charge in [0, 0.05) is 49.2 Å². The molecule has 9 nitrogen and oxygen atoms in total. The molecule has 1 N–H and O–H groups in total. The van der Waals surface area contributed by atoms with Crippen molar-refractivity contribution in [1.29, 1.82) is 0 Å². The number of nitrogens with zero attached hydrogens (tertiary/aromatic N) is 4.